The van der Waals surface area contributed by atoms with Crippen molar-refractivity contribution >= 4 is 22.7 Å². The van der Waals surface area contributed by atoms with Gasteiger partial charge in [-0.3, -0.25) is 9.00 Å². The van der Waals surface area contributed by atoms with Gasteiger partial charge >= 0.3 is 0 Å². The number of hydrogen-bond donors (Lipinski definition) is 2. The van der Waals surface area contributed by atoms with Crippen molar-refractivity contribution in [1.29, 1.82) is 0 Å². The van der Waals surface area contributed by atoms with Crippen molar-refractivity contribution in [3.63, 3.8) is 0 Å². The van der Waals surface area contributed by atoms with Crippen molar-refractivity contribution in [2.75, 3.05) is 17.7 Å². The smallest absolute Gasteiger partial charge is 0.270 e. The van der Waals surface area contributed by atoms with Gasteiger partial charge in [-0.05, 0) is 19.9 Å². The molecule has 1 aromatic rings. The Bertz CT molecular complexity index is 430. The fourth-order valence-corrected chi connectivity index (χ4v) is 2.19. The Morgan fingerprint density at radius 1 is 1.59 bits per heavy atom. The van der Waals surface area contributed by atoms with Crippen molar-refractivity contribution in [3.8, 4) is 0 Å². The van der Waals surface area contributed by atoms with Gasteiger partial charge in [0, 0.05) is 34.5 Å². The van der Waals surface area contributed by atoms with E-state index in [0.717, 1.165) is 0 Å². The van der Waals surface area contributed by atoms with E-state index in [1.165, 1.54) is 0 Å². The molecule has 0 spiro atoms. The molecule has 2 atom stereocenters. The summed E-state index contributed by atoms with van der Waals surface area (Å²) >= 11 is 0. The number of nitrogen functional groups attached to an aromatic ring is 1. The van der Waals surface area contributed by atoms with E-state index in [1.807, 2.05) is 0 Å². The highest BCUT2D eigenvalue weighted by Crippen LogP contribution is 2.02. The fourth-order valence-electron chi connectivity index (χ4n) is 1.40. The van der Waals surface area contributed by atoms with Crippen LogP contribution in [-0.2, 0) is 10.8 Å². The Kier molecular flexibility index (Phi) is 4.56. The lowest BCUT2D eigenvalue weighted by molar-refractivity contribution is 0.0938. The number of nitrogens with zero attached hydrogens (tertiary/aromatic N) is 2. The molecule has 1 rings (SSSR count). The lowest BCUT2D eigenvalue weighted by Gasteiger charge is -2.12. The summed E-state index contributed by atoms with van der Waals surface area (Å²) in [5.74, 6) is 0.146. The van der Waals surface area contributed by atoms with Crippen molar-refractivity contribution < 1.29 is 9.00 Å². The molecule has 0 saturated carbocycles. The van der Waals surface area contributed by atoms with Crippen LogP contribution in [0.5, 0.6) is 0 Å². The molecule has 1 amide bonds. The molecule has 0 bridgehead atoms. The Morgan fingerprint density at radius 3 is 2.76 bits per heavy atom. The molecule has 0 saturated heterocycles. The van der Waals surface area contributed by atoms with Crippen LogP contribution in [-0.4, -0.2) is 38.1 Å². The van der Waals surface area contributed by atoms with Crippen LogP contribution >= 0.6 is 0 Å². The first-order valence-corrected chi connectivity index (χ1v) is 6.83. The molecule has 3 N–H and O–H groups in total. The van der Waals surface area contributed by atoms with E-state index in [9.17, 15) is 9.00 Å². The van der Waals surface area contributed by atoms with E-state index >= 15 is 0 Å². The Labute approximate surface area is 102 Å². The minimum atomic E-state index is -0.949. The number of aromatic nitrogens is 2. The van der Waals surface area contributed by atoms with E-state index in [1.54, 1.807) is 26.2 Å². The topological polar surface area (TPSA) is 98.0 Å². The summed E-state index contributed by atoms with van der Waals surface area (Å²) in [5, 5.41) is 2.70. The number of nitrogens with two attached hydrogens (primary N) is 1. The van der Waals surface area contributed by atoms with Crippen LogP contribution in [0.25, 0.3) is 0 Å². The van der Waals surface area contributed by atoms with Crippen LogP contribution < -0.4 is 11.1 Å². The standard InChI is InChI=1S/C10H16N4O2S/c1-6-4-8(14-10(11)13-6)9(15)12-7(2)5-17(3)16/h4,7H,5H2,1-3H3,(H,12,15)(H2,11,13,14). The van der Waals surface area contributed by atoms with Crippen LogP contribution in [0.1, 0.15) is 23.1 Å². The molecule has 2 unspecified atom stereocenters. The Balaban J connectivity index is 2.72. The first-order chi connectivity index (χ1) is 7.88. The molecule has 94 valence electrons. The summed E-state index contributed by atoms with van der Waals surface area (Å²) in [6, 6.07) is 1.38. The number of carbonyl (C=O) groups is 1. The zero-order valence-electron chi connectivity index (χ0n) is 10.1. The van der Waals surface area contributed by atoms with E-state index in [4.69, 9.17) is 5.73 Å². The van der Waals surface area contributed by atoms with Crippen LogP contribution in [0.3, 0.4) is 0 Å². The van der Waals surface area contributed by atoms with Gasteiger partial charge in [-0.2, -0.15) is 0 Å². The molecule has 1 heterocycles. The first kappa shape index (κ1) is 13.6. The predicted molar refractivity (Wildman–Crippen MR) is 67.0 cm³/mol. The number of rotatable bonds is 4. The summed E-state index contributed by atoms with van der Waals surface area (Å²) in [6.45, 7) is 3.52. The van der Waals surface area contributed by atoms with Gasteiger partial charge in [-0.25, -0.2) is 9.97 Å². The molecule has 0 radical (unpaired) electrons. The molecule has 0 aromatic carbocycles. The Morgan fingerprint density at radius 2 is 2.24 bits per heavy atom. The largest absolute Gasteiger partial charge is 0.368 e. The zero-order valence-corrected chi connectivity index (χ0v) is 10.9. The highest BCUT2D eigenvalue weighted by molar-refractivity contribution is 7.84. The third-order valence-electron chi connectivity index (χ3n) is 1.97. The van der Waals surface area contributed by atoms with E-state index in [0.29, 0.717) is 11.4 Å². The molecular weight excluding hydrogens is 240 g/mol. The van der Waals surface area contributed by atoms with Gasteiger partial charge in [-0.1, -0.05) is 0 Å². The summed E-state index contributed by atoms with van der Waals surface area (Å²) in [5.41, 5.74) is 6.32. The number of aryl methyl sites for hydroxylation is 1. The predicted octanol–water partition coefficient (Wildman–Crippen LogP) is -0.136. The monoisotopic (exact) mass is 256 g/mol. The zero-order chi connectivity index (χ0) is 13.0. The molecule has 7 heteroatoms. The van der Waals surface area contributed by atoms with Crippen molar-refractivity contribution in [2.45, 2.75) is 19.9 Å². The van der Waals surface area contributed by atoms with E-state index in [2.05, 4.69) is 15.3 Å². The second kappa shape index (κ2) is 5.72. The second-order valence-corrected chi connectivity index (χ2v) is 5.35. The maximum absolute atomic E-state index is 11.8. The molecule has 17 heavy (non-hydrogen) atoms. The molecule has 0 aliphatic rings. The SMILES string of the molecule is Cc1cc(C(=O)NC(C)CS(C)=O)nc(N)n1. The number of hydrogen-bond acceptors (Lipinski definition) is 5. The summed E-state index contributed by atoms with van der Waals surface area (Å²) in [6.07, 6.45) is 1.59. The highest BCUT2D eigenvalue weighted by atomic mass is 32.2. The highest BCUT2D eigenvalue weighted by Gasteiger charge is 2.13. The minimum absolute atomic E-state index is 0.0712. The molecule has 1 aromatic heterocycles. The van der Waals surface area contributed by atoms with Crippen LogP contribution in [0.4, 0.5) is 5.95 Å². The van der Waals surface area contributed by atoms with Gasteiger partial charge in [0.1, 0.15) is 5.69 Å². The van der Waals surface area contributed by atoms with Gasteiger partial charge in [0.25, 0.3) is 5.91 Å². The maximum Gasteiger partial charge on any atom is 0.270 e. The number of anilines is 1. The second-order valence-electron chi connectivity index (χ2n) is 3.87. The Hall–Kier alpha value is -1.50. The van der Waals surface area contributed by atoms with Gasteiger partial charge < -0.3 is 11.1 Å². The fraction of sp³-hybridized carbons (Fsp3) is 0.500. The minimum Gasteiger partial charge on any atom is -0.368 e. The first-order valence-electron chi connectivity index (χ1n) is 5.10. The van der Waals surface area contributed by atoms with E-state index < -0.39 is 10.8 Å². The van der Waals surface area contributed by atoms with Crippen LogP contribution in [0, 0.1) is 6.92 Å². The molecular formula is C10H16N4O2S. The number of amides is 1. The quantitative estimate of drug-likeness (QED) is 0.781. The van der Waals surface area contributed by atoms with Crippen LogP contribution in [0.15, 0.2) is 6.07 Å². The summed E-state index contributed by atoms with van der Waals surface area (Å²) in [7, 11) is -0.949. The van der Waals surface area contributed by atoms with Crippen molar-refractivity contribution in [1.82, 2.24) is 15.3 Å². The third kappa shape index (κ3) is 4.48. The van der Waals surface area contributed by atoms with Gasteiger partial charge in [0.05, 0.1) is 0 Å². The summed E-state index contributed by atoms with van der Waals surface area (Å²) < 4.78 is 11.0. The van der Waals surface area contributed by atoms with Gasteiger partial charge in [-0.15, -0.1) is 0 Å². The van der Waals surface area contributed by atoms with Crippen molar-refractivity contribution in [2.24, 2.45) is 0 Å². The molecule has 0 fully saturated rings. The van der Waals surface area contributed by atoms with Crippen LogP contribution in [0.2, 0.25) is 0 Å². The molecule has 6 nitrogen and oxygen atoms in total. The van der Waals surface area contributed by atoms with E-state index in [-0.39, 0.29) is 23.6 Å². The van der Waals surface area contributed by atoms with Gasteiger partial charge in [0.2, 0.25) is 5.95 Å². The van der Waals surface area contributed by atoms with Gasteiger partial charge in [0.15, 0.2) is 0 Å². The normalized spacial score (nSPS) is 14.1. The lowest BCUT2D eigenvalue weighted by atomic mass is 10.3. The number of nitrogens with one attached hydrogen (secondary N) is 1. The third-order valence-corrected chi connectivity index (χ3v) is 2.94. The summed E-state index contributed by atoms with van der Waals surface area (Å²) in [4.78, 5) is 19.5. The molecule has 0 aliphatic heterocycles. The number of carbonyl (C=O) groups excluding carboxylic acids is 1. The molecule has 0 aliphatic carbocycles. The lowest BCUT2D eigenvalue weighted by Crippen LogP contribution is -2.36. The van der Waals surface area contributed by atoms with Crippen molar-refractivity contribution in [3.05, 3.63) is 17.5 Å². The average Bonchev–Trinajstić information content (AvgIpc) is 2.14. The average molecular weight is 256 g/mol. The maximum atomic E-state index is 11.8.